The summed E-state index contributed by atoms with van der Waals surface area (Å²) in [6.07, 6.45) is 2.90. The quantitative estimate of drug-likeness (QED) is 0.833. The number of hydrogen-bond acceptors (Lipinski definition) is 2. The van der Waals surface area contributed by atoms with Crippen molar-refractivity contribution in [2.24, 2.45) is 0 Å². The molecule has 4 nitrogen and oxygen atoms in total. The molecule has 0 unspecified atom stereocenters. The fourth-order valence-electron chi connectivity index (χ4n) is 1.75. The first-order valence-corrected chi connectivity index (χ1v) is 6.80. The monoisotopic (exact) mass is 316 g/mol. The molecule has 0 saturated heterocycles. The summed E-state index contributed by atoms with van der Waals surface area (Å²) in [5.41, 5.74) is 0.700. The lowest BCUT2D eigenvalue weighted by Crippen LogP contribution is -2.31. The molecule has 0 aliphatic heterocycles. The largest absolute Gasteiger partial charge is 0.343 e. The van der Waals surface area contributed by atoms with Crippen molar-refractivity contribution in [3.05, 3.63) is 71.8 Å². The summed E-state index contributed by atoms with van der Waals surface area (Å²) in [7, 11) is 0. The van der Waals surface area contributed by atoms with E-state index in [2.05, 4.69) is 10.6 Å². The van der Waals surface area contributed by atoms with Gasteiger partial charge < -0.3 is 10.6 Å². The molecule has 0 radical (unpaired) electrons. The molecule has 118 valence electrons. The smallest absolute Gasteiger partial charge is 0.244 e. The van der Waals surface area contributed by atoms with Crippen molar-refractivity contribution < 1.29 is 18.4 Å². The van der Waals surface area contributed by atoms with Gasteiger partial charge in [-0.15, -0.1) is 0 Å². The van der Waals surface area contributed by atoms with Crippen molar-refractivity contribution in [3.63, 3.8) is 0 Å². The van der Waals surface area contributed by atoms with Crippen molar-refractivity contribution in [1.82, 2.24) is 5.32 Å². The maximum atomic E-state index is 13.4. The van der Waals surface area contributed by atoms with E-state index in [-0.39, 0.29) is 12.2 Å². The molecule has 0 fully saturated rings. The van der Waals surface area contributed by atoms with Crippen LogP contribution in [0.1, 0.15) is 5.56 Å². The number of benzene rings is 2. The lowest BCUT2D eigenvalue weighted by atomic mass is 10.2. The van der Waals surface area contributed by atoms with E-state index < -0.39 is 23.4 Å². The number of anilines is 1. The van der Waals surface area contributed by atoms with E-state index in [1.165, 1.54) is 6.08 Å². The Labute approximate surface area is 131 Å². The van der Waals surface area contributed by atoms with Crippen LogP contribution in [0.15, 0.2) is 54.6 Å². The number of halogens is 2. The van der Waals surface area contributed by atoms with E-state index in [9.17, 15) is 18.4 Å². The summed E-state index contributed by atoms with van der Waals surface area (Å²) >= 11 is 0. The molecule has 2 aromatic carbocycles. The molecule has 0 spiro atoms. The maximum Gasteiger partial charge on any atom is 0.244 e. The molecule has 0 saturated carbocycles. The van der Waals surface area contributed by atoms with Gasteiger partial charge in [-0.1, -0.05) is 30.3 Å². The first kappa shape index (κ1) is 16.4. The Hall–Kier alpha value is -3.02. The molecule has 0 aliphatic rings. The number of nitrogens with one attached hydrogen (secondary N) is 2. The van der Waals surface area contributed by atoms with Crippen LogP contribution in [0, 0.1) is 11.6 Å². The van der Waals surface area contributed by atoms with Crippen molar-refractivity contribution in [1.29, 1.82) is 0 Å². The molecule has 0 aromatic heterocycles. The van der Waals surface area contributed by atoms with Crippen molar-refractivity contribution in [3.8, 4) is 0 Å². The van der Waals surface area contributed by atoms with Gasteiger partial charge in [-0.3, -0.25) is 9.59 Å². The van der Waals surface area contributed by atoms with Gasteiger partial charge >= 0.3 is 0 Å². The zero-order valence-corrected chi connectivity index (χ0v) is 12.1. The highest BCUT2D eigenvalue weighted by atomic mass is 19.1. The standard InChI is InChI=1S/C17H14F2N2O2/c18-13-7-8-15(14(19)10-13)21-17(23)11-20-16(22)9-6-12-4-2-1-3-5-12/h1-10H,11H2,(H,20,22)(H,21,23)/b9-6+. The van der Waals surface area contributed by atoms with Gasteiger partial charge in [0.1, 0.15) is 11.6 Å². The lowest BCUT2D eigenvalue weighted by Gasteiger charge is -2.06. The highest BCUT2D eigenvalue weighted by Crippen LogP contribution is 2.14. The summed E-state index contributed by atoms with van der Waals surface area (Å²) in [6, 6.07) is 12.0. The van der Waals surface area contributed by atoms with Crippen molar-refractivity contribution in [2.45, 2.75) is 0 Å². The van der Waals surface area contributed by atoms with Crippen LogP contribution in [-0.4, -0.2) is 18.4 Å². The van der Waals surface area contributed by atoms with Gasteiger partial charge in [-0.2, -0.15) is 0 Å². The lowest BCUT2D eigenvalue weighted by molar-refractivity contribution is -0.121. The molecule has 2 amide bonds. The van der Waals surface area contributed by atoms with E-state index in [0.717, 1.165) is 17.7 Å². The highest BCUT2D eigenvalue weighted by molar-refractivity contribution is 5.98. The topological polar surface area (TPSA) is 58.2 Å². The van der Waals surface area contributed by atoms with E-state index in [1.54, 1.807) is 6.08 Å². The van der Waals surface area contributed by atoms with Crippen LogP contribution in [0.4, 0.5) is 14.5 Å². The molecule has 2 rings (SSSR count). The third-order valence-electron chi connectivity index (χ3n) is 2.86. The van der Waals surface area contributed by atoms with Gasteiger partial charge in [0.15, 0.2) is 0 Å². The van der Waals surface area contributed by atoms with Crippen molar-refractivity contribution >= 4 is 23.6 Å². The summed E-state index contributed by atoms with van der Waals surface area (Å²) in [4.78, 5) is 23.2. The average Bonchev–Trinajstić information content (AvgIpc) is 2.54. The van der Waals surface area contributed by atoms with Gasteiger partial charge in [0.25, 0.3) is 0 Å². The predicted octanol–water partition coefficient (Wildman–Crippen LogP) is 2.73. The molecule has 2 aromatic rings. The minimum atomic E-state index is -0.881. The van der Waals surface area contributed by atoms with Crippen LogP contribution in [0.2, 0.25) is 0 Å². The van der Waals surface area contributed by atoms with Crippen LogP contribution in [0.5, 0.6) is 0 Å². The van der Waals surface area contributed by atoms with E-state index >= 15 is 0 Å². The molecular formula is C17H14F2N2O2. The third-order valence-corrected chi connectivity index (χ3v) is 2.86. The number of amides is 2. The Morgan fingerprint density at radius 2 is 1.78 bits per heavy atom. The summed E-state index contributed by atoms with van der Waals surface area (Å²) in [6.45, 7) is -0.325. The van der Waals surface area contributed by atoms with Gasteiger partial charge in [-0.25, -0.2) is 8.78 Å². The number of carbonyl (C=O) groups is 2. The van der Waals surface area contributed by atoms with Crippen LogP contribution < -0.4 is 10.6 Å². The van der Waals surface area contributed by atoms with Gasteiger partial charge in [0.05, 0.1) is 12.2 Å². The fraction of sp³-hybridized carbons (Fsp3) is 0.0588. The van der Waals surface area contributed by atoms with Crippen LogP contribution in [-0.2, 0) is 9.59 Å². The Morgan fingerprint density at radius 1 is 1.04 bits per heavy atom. The first-order chi connectivity index (χ1) is 11.0. The summed E-state index contributed by atoms with van der Waals surface area (Å²) in [5.74, 6) is -2.69. The number of rotatable bonds is 5. The zero-order valence-electron chi connectivity index (χ0n) is 12.1. The Kier molecular flexibility index (Phi) is 5.57. The summed E-state index contributed by atoms with van der Waals surface area (Å²) in [5, 5.41) is 4.62. The fourth-order valence-corrected chi connectivity index (χ4v) is 1.75. The predicted molar refractivity (Wildman–Crippen MR) is 83.5 cm³/mol. The molecule has 6 heteroatoms. The normalized spacial score (nSPS) is 10.5. The minimum Gasteiger partial charge on any atom is -0.343 e. The van der Waals surface area contributed by atoms with Crippen LogP contribution >= 0.6 is 0 Å². The van der Waals surface area contributed by atoms with Crippen LogP contribution in [0.3, 0.4) is 0 Å². The number of hydrogen-bond donors (Lipinski definition) is 2. The third kappa shape index (κ3) is 5.35. The zero-order chi connectivity index (χ0) is 16.7. The molecule has 0 heterocycles. The Morgan fingerprint density at radius 3 is 2.48 bits per heavy atom. The molecule has 23 heavy (non-hydrogen) atoms. The molecule has 0 aliphatic carbocycles. The second kappa shape index (κ2) is 7.84. The molecule has 2 N–H and O–H groups in total. The van der Waals surface area contributed by atoms with Crippen molar-refractivity contribution in [2.75, 3.05) is 11.9 Å². The SMILES string of the molecule is O=C(/C=C/c1ccccc1)NCC(=O)Nc1ccc(F)cc1F. The molecular weight excluding hydrogens is 302 g/mol. The Bertz CT molecular complexity index is 731. The van der Waals surface area contributed by atoms with Crippen LogP contribution in [0.25, 0.3) is 6.08 Å². The van der Waals surface area contributed by atoms with E-state index in [4.69, 9.17) is 0 Å². The molecule has 0 bridgehead atoms. The minimum absolute atomic E-state index is 0.148. The van der Waals surface area contributed by atoms with Gasteiger partial charge in [-0.05, 0) is 23.8 Å². The summed E-state index contributed by atoms with van der Waals surface area (Å²) < 4.78 is 26.1. The number of carbonyl (C=O) groups excluding carboxylic acids is 2. The van der Waals surface area contributed by atoms with E-state index in [0.29, 0.717) is 6.07 Å². The van der Waals surface area contributed by atoms with Gasteiger partial charge in [0, 0.05) is 12.1 Å². The average molecular weight is 316 g/mol. The Balaban J connectivity index is 1.82. The van der Waals surface area contributed by atoms with E-state index in [1.807, 2.05) is 30.3 Å². The maximum absolute atomic E-state index is 13.4. The first-order valence-electron chi connectivity index (χ1n) is 6.80. The second-order valence-electron chi connectivity index (χ2n) is 4.63. The highest BCUT2D eigenvalue weighted by Gasteiger charge is 2.08. The molecule has 0 atom stereocenters. The van der Waals surface area contributed by atoms with Gasteiger partial charge in [0.2, 0.25) is 11.8 Å². The second-order valence-corrected chi connectivity index (χ2v) is 4.63.